The third kappa shape index (κ3) is 3.52. The third-order valence-corrected chi connectivity index (χ3v) is 13.0. The van der Waals surface area contributed by atoms with Crippen molar-refractivity contribution >= 4 is 34.4 Å². The summed E-state index contributed by atoms with van der Waals surface area (Å²) in [5.41, 5.74) is 13.9. The molecule has 0 amide bonds. The summed E-state index contributed by atoms with van der Waals surface area (Å²) in [6.07, 6.45) is 34.3. The van der Waals surface area contributed by atoms with Crippen molar-refractivity contribution in [2.75, 3.05) is 4.90 Å². The molecule has 47 heavy (non-hydrogen) atoms. The Morgan fingerprint density at radius 2 is 1.81 bits per heavy atom. The number of benzene rings is 2. The molecule has 1 aliphatic heterocycles. The molecule has 2 saturated carbocycles. The van der Waals surface area contributed by atoms with Gasteiger partial charge in [-0.25, -0.2) is 0 Å². The van der Waals surface area contributed by atoms with Gasteiger partial charge in [-0.1, -0.05) is 102 Å². The third-order valence-electron chi connectivity index (χ3n) is 13.0. The summed E-state index contributed by atoms with van der Waals surface area (Å²) in [6.45, 7) is 4.65. The molecule has 2 fully saturated rings. The number of fused-ring (bicyclic) bond motifs is 7. The van der Waals surface area contributed by atoms with Gasteiger partial charge in [0.15, 0.2) is 0 Å². The van der Waals surface area contributed by atoms with E-state index < -0.39 is 0 Å². The lowest BCUT2D eigenvalue weighted by Gasteiger charge is -2.39. The zero-order valence-corrected chi connectivity index (χ0v) is 27.2. The van der Waals surface area contributed by atoms with Crippen molar-refractivity contribution in [1.82, 2.24) is 4.57 Å². The lowest BCUT2D eigenvalue weighted by atomic mass is 9.82. The molecule has 8 aliphatic carbocycles. The number of hydrogen-bond donors (Lipinski definition) is 0. The Hall–Kier alpha value is -4.52. The van der Waals surface area contributed by atoms with Crippen LogP contribution in [0.15, 0.2) is 126 Å². The van der Waals surface area contributed by atoms with Gasteiger partial charge in [-0.2, -0.15) is 0 Å². The summed E-state index contributed by atoms with van der Waals surface area (Å²) in [5.74, 6) is 4.25. The highest BCUT2D eigenvalue weighted by Gasteiger charge is 2.86. The topological polar surface area (TPSA) is 8.17 Å². The van der Waals surface area contributed by atoms with E-state index in [9.17, 15) is 0 Å². The number of rotatable bonds is 4. The van der Waals surface area contributed by atoms with E-state index in [1.165, 1.54) is 49.6 Å². The number of allylic oxidation sites excluding steroid dienone is 11. The summed E-state index contributed by atoms with van der Waals surface area (Å²) in [4.78, 5) is 2.82. The number of para-hydroxylation sites is 1. The van der Waals surface area contributed by atoms with Gasteiger partial charge in [0.05, 0.1) is 17.1 Å². The van der Waals surface area contributed by atoms with E-state index in [1.54, 1.807) is 5.57 Å². The molecule has 2 nitrogen and oxygen atoms in total. The monoisotopic (exact) mass is 608 g/mol. The zero-order chi connectivity index (χ0) is 31.0. The van der Waals surface area contributed by atoms with E-state index >= 15 is 0 Å². The minimum atomic E-state index is 0.197. The molecule has 2 aromatic carbocycles. The van der Waals surface area contributed by atoms with E-state index in [1.807, 2.05) is 0 Å². The second-order valence-electron chi connectivity index (χ2n) is 15.4. The fraction of sp³-hybridized carbons (Fsp3) is 0.311. The van der Waals surface area contributed by atoms with Crippen molar-refractivity contribution in [3.63, 3.8) is 0 Å². The van der Waals surface area contributed by atoms with Gasteiger partial charge in [0.2, 0.25) is 0 Å². The Labute approximate surface area is 277 Å². The number of hydrogen-bond acceptors (Lipinski definition) is 1. The minimum absolute atomic E-state index is 0.197. The van der Waals surface area contributed by atoms with Crippen molar-refractivity contribution in [3.8, 4) is 0 Å². The Kier molecular flexibility index (Phi) is 5.25. The molecule has 2 heterocycles. The number of anilines is 1. The maximum absolute atomic E-state index is 3.54. The van der Waals surface area contributed by atoms with Crippen LogP contribution in [-0.2, 0) is 0 Å². The van der Waals surface area contributed by atoms with Gasteiger partial charge in [-0.05, 0) is 104 Å². The van der Waals surface area contributed by atoms with Crippen LogP contribution >= 0.6 is 0 Å². The lowest BCUT2D eigenvalue weighted by molar-refractivity contribution is 0.459. The average Bonchev–Trinajstić information content (AvgIpc) is 3.85. The molecule has 2 bridgehead atoms. The van der Waals surface area contributed by atoms with Crippen LogP contribution in [0.2, 0.25) is 0 Å². The summed E-state index contributed by atoms with van der Waals surface area (Å²) in [7, 11) is 0. The van der Waals surface area contributed by atoms with Gasteiger partial charge in [-0.3, -0.25) is 0 Å². The molecule has 7 atom stereocenters. The molecule has 3 aromatic rings. The van der Waals surface area contributed by atoms with Crippen molar-refractivity contribution in [2.45, 2.75) is 56.5 Å². The predicted molar refractivity (Wildman–Crippen MR) is 194 cm³/mol. The number of aromatic nitrogens is 1. The molecule has 1 aromatic heterocycles. The number of nitrogens with zero attached hydrogens (tertiary/aromatic N) is 2. The summed E-state index contributed by atoms with van der Waals surface area (Å²) < 4.78 is 2.57. The Bertz CT molecular complexity index is 2300. The fourth-order valence-corrected chi connectivity index (χ4v) is 10.9. The van der Waals surface area contributed by atoms with Crippen molar-refractivity contribution < 1.29 is 0 Å². The zero-order valence-electron chi connectivity index (χ0n) is 27.2. The van der Waals surface area contributed by atoms with Crippen LogP contribution in [0, 0.1) is 29.6 Å². The van der Waals surface area contributed by atoms with Crippen LogP contribution in [0.3, 0.4) is 0 Å². The average molecular weight is 609 g/mol. The molecular weight excluding hydrogens is 569 g/mol. The second-order valence-corrected chi connectivity index (χ2v) is 15.4. The van der Waals surface area contributed by atoms with E-state index in [0.717, 1.165) is 37.0 Å². The first-order valence-corrected chi connectivity index (χ1v) is 17.9. The largest absolute Gasteiger partial charge is 0.353 e. The predicted octanol–water partition coefficient (Wildman–Crippen LogP) is 8.46. The highest BCUT2D eigenvalue weighted by molar-refractivity contribution is 5.86. The summed E-state index contributed by atoms with van der Waals surface area (Å²) in [6, 6.07) is 16.9. The van der Waals surface area contributed by atoms with Crippen LogP contribution in [-0.4, -0.2) is 16.1 Å². The molecule has 2 heteroatoms. The van der Waals surface area contributed by atoms with Crippen LogP contribution < -0.4 is 15.5 Å². The highest BCUT2D eigenvalue weighted by atomic mass is 15.3. The normalized spacial score (nSPS) is 36.0. The maximum atomic E-state index is 3.54. The van der Waals surface area contributed by atoms with Gasteiger partial charge >= 0.3 is 0 Å². The molecule has 0 N–H and O–H groups in total. The molecule has 0 spiro atoms. The molecule has 0 radical (unpaired) electrons. The SMILES string of the molecule is CC1=CC2(N3c4ccc(C5C=c6c(n(C7=CC=CC(C8C=CC=CC8)C7)c7ccccc67)=CC5)cc4C4C=C=CC43)C3C(C(C)=C1)C32. The first-order chi connectivity index (χ1) is 23.1. The molecule has 7 unspecified atom stereocenters. The smallest absolute Gasteiger partial charge is 0.0672 e. The molecule has 230 valence electrons. The standard InChI is InChI=1S/C45H40N2/c1-27-22-28(2)42-43-44(42)45(43,26-27)47-40-17-9-15-35(40)37-25-32(19-21-41(37)47)31-18-20-39-36(24-31)34-14-6-7-16-38(34)46(39)33-13-8-12-30(23-33)29-10-4-3-5-11-29/h3-8,10,12-17,19-22,24-26,29-31,35,40,42-44H,11,18,23H2,1-2H3. The van der Waals surface area contributed by atoms with Gasteiger partial charge < -0.3 is 9.47 Å². The van der Waals surface area contributed by atoms with Crippen LogP contribution in [0.1, 0.15) is 56.1 Å². The summed E-state index contributed by atoms with van der Waals surface area (Å²) >= 11 is 0. The van der Waals surface area contributed by atoms with Crippen molar-refractivity contribution in [3.05, 3.63) is 148 Å². The Morgan fingerprint density at radius 3 is 2.70 bits per heavy atom. The van der Waals surface area contributed by atoms with E-state index in [-0.39, 0.29) is 5.54 Å². The molecular formula is C45H40N2. The minimum Gasteiger partial charge on any atom is -0.353 e. The van der Waals surface area contributed by atoms with E-state index in [4.69, 9.17) is 0 Å². The van der Waals surface area contributed by atoms with Crippen LogP contribution in [0.5, 0.6) is 0 Å². The molecule has 12 rings (SSSR count). The highest BCUT2D eigenvalue weighted by Crippen LogP contribution is 2.83. The first kappa shape index (κ1) is 26.5. The van der Waals surface area contributed by atoms with E-state index in [0.29, 0.717) is 29.7 Å². The van der Waals surface area contributed by atoms with Gasteiger partial charge in [0.25, 0.3) is 0 Å². The van der Waals surface area contributed by atoms with Crippen molar-refractivity contribution in [1.29, 1.82) is 0 Å². The van der Waals surface area contributed by atoms with E-state index in [2.05, 4.69) is 150 Å². The van der Waals surface area contributed by atoms with Crippen LogP contribution in [0.25, 0.3) is 28.8 Å². The maximum Gasteiger partial charge on any atom is 0.0672 e. The summed E-state index contributed by atoms with van der Waals surface area (Å²) in [5, 5.41) is 4.14. The van der Waals surface area contributed by atoms with Crippen molar-refractivity contribution in [2.24, 2.45) is 29.6 Å². The van der Waals surface area contributed by atoms with Gasteiger partial charge in [-0.15, -0.1) is 5.73 Å². The molecule has 9 aliphatic rings. The Morgan fingerprint density at radius 1 is 0.915 bits per heavy atom. The molecule has 0 saturated heterocycles. The van der Waals surface area contributed by atoms with Crippen LogP contribution in [0.4, 0.5) is 5.69 Å². The fourth-order valence-electron chi connectivity index (χ4n) is 10.9. The quantitative estimate of drug-likeness (QED) is 0.270. The first-order valence-electron chi connectivity index (χ1n) is 17.9. The van der Waals surface area contributed by atoms with Gasteiger partial charge in [0, 0.05) is 39.2 Å². The second kappa shape index (κ2) is 9.30. The lowest BCUT2D eigenvalue weighted by Crippen LogP contribution is -2.47. The Balaban J connectivity index is 0.967. The van der Waals surface area contributed by atoms with Gasteiger partial charge in [0.1, 0.15) is 0 Å².